The Balaban J connectivity index is 2.68. The first-order chi connectivity index (χ1) is 8.83. The zero-order valence-electron chi connectivity index (χ0n) is 11.3. The molecule has 0 aromatic heterocycles. The maximum Gasteiger partial charge on any atom is 0.173 e. The molecule has 1 aromatic rings. The van der Waals surface area contributed by atoms with Crippen molar-refractivity contribution >= 4 is 17.4 Å². The Morgan fingerprint density at radius 1 is 1.37 bits per heavy atom. The molecule has 0 atom stereocenters. The van der Waals surface area contributed by atoms with Crippen molar-refractivity contribution in [2.24, 2.45) is 10.9 Å². The van der Waals surface area contributed by atoms with Crippen molar-refractivity contribution < 1.29 is 14.7 Å². The van der Waals surface area contributed by atoms with Gasteiger partial charge in [0.2, 0.25) is 0 Å². The predicted octanol–water partition coefficient (Wildman–Crippen LogP) is 2.63. The Hall–Kier alpha value is -1.46. The molecule has 0 unspecified atom stereocenters. The molecule has 0 amide bonds. The third-order valence-electron chi connectivity index (χ3n) is 2.20. The van der Waals surface area contributed by atoms with Gasteiger partial charge in [-0.25, -0.2) is 0 Å². The number of ether oxygens (including phenoxy) is 2. The molecule has 106 valence electrons. The Morgan fingerprint density at radius 3 is 2.63 bits per heavy atom. The van der Waals surface area contributed by atoms with E-state index in [4.69, 9.17) is 32.0 Å². The second kappa shape index (κ2) is 6.63. The van der Waals surface area contributed by atoms with E-state index < -0.39 is 0 Å². The molecule has 0 spiro atoms. The van der Waals surface area contributed by atoms with Crippen molar-refractivity contribution in [2.75, 3.05) is 13.2 Å². The third-order valence-corrected chi connectivity index (χ3v) is 2.44. The fourth-order valence-electron chi connectivity index (χ4n) is 1.38. The fourth-order valence-corrected chi connectivity index (χ4v) is 1.55. The van der Waals surface area contributed by atoms with Crippen LogP contribution in [0.1, 0.15) is 26.3 Å². The van der Waals surface area contributed by atoms with Crippen LogP contribution >= 0.6 is 11.6 Å². The minimum absolute atomic E-state index is 0.0470. The summed E-state index contributed by atoms with van der Waals surface area (Å²) in [7, 11) is 0. The normalized spacial score (nSPS) is 12.5. The molecule has 6 heteroatoms. The van der Waals surface area contributed by atoms with Crippen molar-refractivity contribution in [3.05, 3.63) is 28.8 Å². The van der Waals surface area contributed by atoms with Crippen molar-refractivity contribution in [1.82, 2.24) is 0 Å². The summed E-state index contributed by atoms with van der Waals surface area (Å²) in [5, 5.41) is 12.2. The summed E-state index contributed by atoms with van der Waals surface area (Å²) in [4.78, 5) is 0. The van der Waals surface area contributed by atoms with E-state index in [1.54, 1.807) is 18.2 Å². The summed E-state index contributed by atoms with van der Waals surface area (Å²) in [6.45, 7) is 6.72. The third kappa shape index (κ3) is 5.36. The van der Waals surface area contributed by atoms with Gasteiger partial charge in [-0.15, -0.1) is 0 Å². The highest BCUT2D eigenvalue weighted by Crippen LogP contribution is 2.22. The molecule has 0 radical (unpaired) electrons. The number of halogens is 1. The SMILES string of the molecule is CC(C)(C)OCCOc1ccc(Cl)cc1/C(N)=N/O. The van der Waals surface area contributed by atoms with Gasteiger partial charge in [0.05, 0.1) is 17.8 Å². The summed E-state index contributed by atoms with van der Waals surface area (Å²) < 4.78 is 11.1. The van der Waals surface area contributed by atoms with E-state index in [0.717, 1.165) is 0 Å². The lowest BCUT2D eigenvalue weighted by Gasteiger charge is -2.20. The van der Waals surface area contributed by atoms with Crippen LogP contribution in [-0.4, -0.2) is 29.9 Å². The Morgan fingerprint density at radius 2 is 2.05 bits per heavy atom. The van der Waals surface area contributed by atoms with Gasteiger partial charge in [0.15, 0.2) is 5.84 Å². The molecule has 5 nitrogen and oxygen atoms in total. The van der Waals surface area contributed by atoms with Gasteiger partial charge >= 0.3 is 0 Å². The van der Waals surface area contributed by atoms with Gasteiger partial charge < -0.3 is 20.4 Å². The lowest BCUT2D eigenvalue weighted by molar-refractivity contribution is -0.0163. The maximum absolute atomic E-state index is 8.72. The molecule has 0 saturated heterocycles. The second-order valence-electron chi connectivity index (χ2n) is 4.94. The van der Waals surface area contributed by atoms with Crippen LogP contribution in [0.5, 0.6) is 5.75 Å². The summed E-state index contributed by atoms with van der Waals surface area (Å²) in [6.07, 6.45) is 0. The van der Waals surface area contributed by atoms with E-state index in [2.05, 4.69) is 5.16 Å². The van der Waals surface area contributed by atoms with Gasteiger partial charge in [0, 0.05) is 5.02 Å². The molecular formula is C13H19ClN2O3. The first-order valence-corrected chi connectivity index (χ1v) is 6.25. The van der Waals surface area contributed by atoms with E-state index in [1.807, 2.05) is 20.8 Å². The number of hydrogen-bond acceptors (Lipinski definition) is 4. The lowest BCUT2D eigenvalue weighted by atomic mass is 10.2. The van der Waals surface area contributed by atoms with Gasteiger partial charge in [0.1, 0.15) is 12.4 Å². The van der Waals surface area contributed by atoms with E-state index in [9.17, 15) is 0 Å². The lowest BCUT2D eigenvalue weighted by Crippen LogP contribution is -2.23. The van der Waals surface area contributed by atoms with Crippen LogP contribution in [0.4, 0.5) is 0 Å². The number of oxime groups is 1. The quantitative estimate of drug-likeness (QED) is 0.287. The molecule has 0 bridgehead atoms. The molecule has 0 heterocycles. The number of nitrogens with two attached hydrogens (primary N) is 1. The van der Waals surface area contributed by atoms with Crippen LogP contribution in [0.3, 0.4) is 0 Å². The number of amidine groups is 1. The van der Waals surface area contributed by atoms with Crippen LogP contribution in [-0.2, 0) is 4.74 Å². The monoisotopic (exact) mass is 286 g/mol. The van der Waals surface area contributed by atoms with Crippen molar-refractivity contribution in [2.45, 2.75) is 26.4 Å². The average molecular weight is 287 g/mol. The summed E-state index contributed by atoms with van der Waals surface area (Å²) >= 11 is 5.87. The zero-order valence-corrected chi connectivity index (χ0v) is 12.1. The topological polar surface area (TPSA) is 77.1 Å². The van der Waals surface area contributed by atoms with E-state index >= 15 is 0 Å². The van der Waals surface area contributed by atoms with Gasteiger partial charge in [-0.1, -0.05) is 16.8 Å². The van der Waals surface area contributed by atoms with Gasteiger partial charge in [-0.05, 0) is 39.0 Å². The molecule has 0 saturated carbocycles. The van der Waals surface area contributed by atoms with E-state index in [1.165, 1.54) is 0 Å². The first kappa shape index (κ1) is 15.6. The molecular weight excluding hydrogens is 268 g/mol. The number of benzene rings is 1. The van der Waals surface area contributed by atoms with E-state index in [-0.39, 0.29) is 11.4 Å². The smallest absolute Gasteiger partial charge is 0.173 e. The fraction of sp³-hybridized carbons (Fsp3) is 0.462. The Labute approximate surface area is 117 Å². The van der Waals surface area contributed by atoms with E-state index in [0.29, 0.717) is 29.5 Å². The minimum atomic E-state index is -0.211. The average Bonchev–Trinajstić information content (AvgIpc) is 2.33. The van der Waals surface area contributed by atoms with Gasteiger partial charge in [0.25, 0.3) is 0 Å². The van der Waals surface area contributed by atoms with Crippen molar-refractivity contribution in [3.8, 4) is 5.75 Å². The number of rotatable bonds is 5. The first-order valence-electron chi connectivity index (χ1n) is 5.87. The van der Waals surface area contributed by atoms with Crippen molar-refractivity contribution in [1.29, 1.82) is 0 Å². The highest BCUT2D eigenvalue weighted by Gasteiger charge is 2.12. The Kier molecular flexibility index (Phi) is 5.44. The molecule has 0 aliphatic heterocycles. The molecule has 0 aliphatic carbocycles. The van der Waals surface area contributed by atoms with Crippen LogP contribution < -0.4 is 10.5 Å². The predicted molar refractivity (Wildman–Crippen MR) is 75.2 cm³/mol. The molecule has 19 heavy (non-hydrogen) atoms. The largest absolute Gasteiger partial charge is 0.490 e. The molecule has 1 aromatic carbocycles. The van der Waals surface area contributed by atoms with Crippen molar-refractivity contribution in [3.63, 3.8) is 0 Å². The molecule has 3 N–H and O–H groups in total. The standard InChI is InChI=1S/C13H19ClN2O3/c1-13(2,3)19-7-6-18-11-5-4-9(14)8-10(11)12(15)16-17/h4-5,8,17H,6-7H2,1-3H3,(H2,15,16). The van der Waals surface area contributed by atoms with Crippen LogP contribution in [0.15, 0.2) is 23.4 Å². The van der Waals surface area contributed by atoms with Crippen LogP contribution in [0.25, 0.3) is 0 Å². The van der Waals surface area contributed by atoms with Crippen LogP contribution in [0.2, 0.25) is 5.02 Å². The molecule has 0 aliphatic rings. The highest BCUT2D eigenvalue weighted by molar-refractivity contribution is 6.31. The van der Waals surface area contributed by atoms with Gasteiger partial charge in [-0.2, -0.15) is 0 Å². The zero-order chi connectivity index (χ0) is 14.5. The van der Waals surface area contributed by atoms with Gasteiger partial charge in [-0.3, -0.25) is 0 Å². The molecule has 0 fully saturated rings. The van der Waals surface area contributed by atoms with Crippen LogP contribution in [0, 0.1) is 0 Å². The molecule has 1 rings (SSSR count). The second-order valence-corrected chi connectivity index (χ2v) is 5.37. The number of hydrogen-bond donors (Lipinski definition) is 2. The highest BCUT2D eigenvalue weighted by atomic mass is 35.5. The summed E-state index contributed by atoms with van der Waals surface area (Å²) in [5.41, 5.74) is 5.81. The maximum atomic E-state index is 8.72. The summed E-state index contributed by atoms with van der Waals surface area (Å²) in [5.74, 6) is 0.450. The minimum Gasteiger partial charge on any atom is -0.490 e. The Bertz CT molecular complexity index is 456. The number of nitrogens with zero attached hydrogens (tertiary/aromatic N) is 1. The summed E-state index contributed by atoms with van der Waals surface area (Å²) in [6, 6.07) is 4.93.